The number of hydrogen-bond acceptors (Lipinski definition) is 3. The lowest BCUT2D eigenvalue weighted by molar-refractivity contribution is 0.749. The largest absolute Gasteiger partial charge is 0.318 e. The van der Waals surface area contributed by atoms with Crippen molar-refractivity contribution in [2.75, 3.05) is 0 Å². The van der Waals surface area contributed by atoms with Crippen LogP contribution in [0.1, 0.15) is 5.69 Å². The summed E-state index contributed by atoms with van der Waals surface area (Å²) in [5, 5.41) is 2.74. The predicted molar refractivity (Wildman–Crippen MR) is 82.3 cm³/mol. The summed E-state index contributed by atoms with van der Waals surface area (Å²) in [6, 6.07) is 13.4. The number of thiazole rings is 1. The van der Waals surface area contributed by atoms with Gasteiger partial charge in [-0.1, -0.05) is 17.7 Å². The van der Waals surface area contributed by atoms with E-state index in [2.05, 4.69) is 14.5 Å². The highest BCUT2D eigenvalue weighted by atomic mass is 35.5. The van der Waals surface area contributed by atoms with E-state index < -0.39 is 0 Å². The Morgan fingerprint density at radius 3 is 2.75 bits per heavy atom. The van der Waals surface area contributed by atoms with Crippen molar-refractivity contribution >= 4 is 28.6 Å². The maximum absolute atomic E-state index is 5.88. The van der Waals surface area contributed by atoms with E-state index in [9.17, 15) is 0 Å². The molecule has 0 aliphatic heterocycles. The topological polar surface area (TPSA) is 30.2 Å². The van der Waals surface area contributed by atoms with Crippen LogP contribution in [0.15, 0.2) is 65.2 Å². The molecule has 1 aromatic carbocycles. The molecule has 5 heteroatoms. The molecule has 0 aliphatic carbocycles. The second-order valence-corrected chi connectivity index (χ2v) is 5.53. The SMILES string of the molecule is Clc1ccc(N=c2sccn2Cc2ccccn2)cc1. The first-order valence-corrected chi connectivity index (χ1v) is 7.41. The summed E-state index contributed by atoms with van der Waals surface area (Å²) in [5.74, 6) is 0. The van der Waals surface area contributed by atoms with Crippen LogP contribution in [0, 0.1) is 0 Å². The molecule has 0 bridgehead atoms. The van der Waals surface area contributed by atoms with Crippen molar-refractivity contribution in [3.8, 4) is 0 Å². The molecule has 0 aliphatic rings. The quantitative estimate of drug-likeness (QED) is 0.722. The molecule has 2 aromatic heterocycles. The lowest BCUT2D eigenvalue weighted by atomic mass is 10.3. The first kappa shape index (κ1) is 13.1. The molecule has 3 rings (SSSR count). The fraction of sp³-hybridized carbons (Fsp3) is 0.0667. The summed E-state index contributed by atoms with van der Waals surface area (Å²) < 4.78 is 2.08. The number of nitrogens with zero attached hydrogens (tertiary/aromatic N) is 3. The Labute approximate surface area is 125 Å². The van der Waals surface area contributed by atoms with Gasteiger partial charge in [-0.15, -0.1) is 11.3 Å². The Bertz CT molecular complexity index is 745. The lowest BCUT2D eigenvalue weighted by Gasteiger charge is -2.02. The van der Waals surface area contributed by atoms with E-state index in [0.717, 1.165) is 27.8 Å². The van der Waals surface area contributed by atoms with Crippen molar-refractivity contribution in [3.63, 3.8) is 0 Å². The minimum absolute atomic E-state index is 0.719. The average Bonchev–Trinajstić information content (AvgIpc) is 2.90. The van der Waals surface area contributed by atoms with Crippen molar-refractivity contribution in [2.45, 2.75) is 6.54 Å². The normalized spacial score (nSPS) is 11.8. The maximum Gasteiger partial charge on any atom is 0.190 e. The Morgan fingerprint density at radius 1 is 1.15 bits per heavy atom. The first-order chi connectivity index (χ1) is 9.81. The minimum Gasteiger partial charge on any atom is -0.318 e. The zero-order valence-corrected chi connectivity index (χ0v) is 12.2. The van der Waals surface area contributed by atoms with Crippen LogP contribution in [0.5, 0.6) is 0 Å². The Kier molecular flexibility index (Phi) is 3.95. The summed E-state index contributed by atoms with van der Waals surface area (Å²) in [6.45, 7) is 0.719. The van der Waals surface area contributed by atoms with Gasteiger partial charge in [0.25, 0.3) is 0 Å². The molecule has 0 radical (unpaired) electrons. The minimum atomic E-state index is 0.719. The molecule has 20 heavy (non-hydrogen) atoms. The first-order valence-electron chi connectivity index (χ1n) is 6.15. The van der Waals surface area contributed by atoms with E-state index >= 15 is 0 Å². The van der Waals surface area contributed by atoms with Gasteiger partial charge in [-0.2, -0.15) is 0 Å². The Morgan fingerprint density at radius 2 is 2.00 bits per heavy atom. The third kappa shape index (κ3) is 3.15. The second kappa shape index (κ2) is 6.03. The van der Waals surface area contributed by atoms with Crippen LogP contribution in [0.3, 0.4) is 0 Å². The van der Waals surface area contributed by atoms with Crippen LogP contribution in [0.25, 0.3) is 0 Å². The third-order valence-electron chi connectivity index (χ3n) is 2.77. The predicted octanol–water partition coefficient (Wildman–Crippen LogP) is 3.88. The van der Waals surface area contributed by atoms with Crippen LogP contribution in [-0.4, -0.2) is 9.55 Å². The van der Waals surface area contributed by atoms with Gasteiger partial charge in [-0.05, 0) is 36.4 Å². The van der Waals surface area contributed by atoms with Gasteiger partial charge in [0.2, 0.25) is 0 Å². The van der Waals surface area contributed by atoms with Gasteiger partial charge in [0.15, 0.2) is 4.80 Å². The summed E-state index contributed by atoms with van der Waals surface area (Å²) in [4.78, 5) is 9.91. The van der Waals surface area contributed by atoms with Crippen LogP contribution < -0.4 is 4.80 Å². The molecule has 3 nitrogen and oxygen atoms in total. The summed E-state index contributed by atoms with van der Waals surface area (Å²) in [6.07, 6.45) is 3.83. The number of pyridine rings is 1. The second-order valence-electron chi connectivity index (χ2n) is 4.22. The monoisotopic (exact) mass is 301 g/mol. The smallest absolute Gasteiger partial charge is 0.190 e. The van der Waals surface area contributed by atoms with E-state index in [1.165, 1.54) is 0 Å². The van der Waals surface area contributed by atoms with E-state index in [1.807, 2.05) is 54.0 Å². The fourth-order valence-corrected chi connectivity index (χ4v) is 2.67. The van der Waals surface area contributed by atoms with Crippen molar-refractivity contribution in [3.05, 3.63) is 75.8 Å². The number of rotatable bonds is 3. The van der Waals surface area contributed by atoms with Crippen LogP contribution in [0.2, 0.25) is 5.02 Å². The van der Waals surface area contributed by atoms with E-state index in [1.54, 1.807) is 17.5 Å². The molecule has 0 amide bonds. The number of hydrogen-bond donors (Lipinski definition) is 0. The molecule has 0 spiro atoms. The van der Waals surface area contributed by atoms with Crippen molar-refractivity contribution < 1.29 is 0 Å². The molecule has 0 fully saturated rings. The highest BCUT2D eigenvalue weighted by Crippen LogP contribution is 2.15. The zero-order valence-electron chi connectivity index (χ0n) is 10.6. The lowest BCUT2D eigenvalue weighted by Crippen LogP contribution is -2.14. The summed E-state index contributed by atoms with van der Waals surface area (Å²) in [5.41, 5.74) is 1.91. The molecule has 100 valence electrons. The van der Waals surface area contributed by atoms with Crippen molar-refractivity contribution in [1.82, 2.24) is 9.55 Å². The van der Waals surface area contributed by atoms with Gasteiger partial charge in [-0.3, -0.25) is 4.98 Å². The molecule has 0 atom stereocenters. The van der Waals surface area contributed by atoms with Crippen LogP contribution in [-0.2, 0) is 6.54 Å². The molecular weight excluding hydrogens is 290 g/mol. The summed E-state index contributed by atoms with van der Waals surface area (Å²) >= 11 is 7.48. The van der Waals surface area contributed by atoms with Crippen LogP contribution in [0.4, 0.5) is 5.69 Å². The van der Waals surface area contributed by atoms with Crippen molar-refractivity contribution in [2.24, 2.45) is 4.99 Å². The van der Waals surface area contributed by atoms with E-state index in [0.29, 0.717) is 0 Å². The molecular formula is C15H12ClN3S. The van der Waals surface area contributed by atoms with Gasteiger partial charge in [0, 0.05) is 22.8 Å². The Balaban J connectivity index is 1.92. The van der Waals surface area contributed by atoms with Crippen molar-refractivity contribution in [1.29, 1.82) is 0 Å². The molecule has 0 N–H and O–H groups in total. The van der Waals surface area contributed by atoms with Gasteiger partial charge in [0.1, 0.15) is 0 Å². The standard InChI is InChI=1S/C15H12ClN3S/c16-12-4-6-13(7-5-12)18-15-19(9-10-20-15)11-14-3-1-2-8-17-14/h1-10H,11H2. The van der Waals surface area contributed by atoms with Gasteiger partial charge in [-0.25, -0.2) is 4.99 Å². The third-order valence-corrected chi connectivity index (χ3v) is 3.82. The van der Waals surface area contributed by atoms with E-state index in [-0.39, 0.29) is 0 Å². The van der Waals surface area contributed by atoms with Gasteiger partial charge < -0.3 is 4.57 Å². The highest BCUT2D eigenvalue weighted by Gasteiger charge is 1.99. The summed E-state index contributed by atoms with van der Waals surface area (Å²) in [7, 11) is 0. The van der Waals surface area contributed by atoms with E-state index in [4.69, 9.17) is 11.6 Å². The van der Waals surface area contributed by atoms with Crippen LogP contribution >= 0.6 is 22.9 Å². The van der Waals surface area contributed by atoms with Gasteiger partial charge in [0.05, 0.1) is 17.9 Å². The Hall–Kier alpha value is -1.91. The molecule has 0 saturated heterocycles. The molecule has 2 heterocycles. The molecule has 3 aromatic rings. The zero-order chi connectivity index (χ0) is 13.8. The number of benzene rings is 1. The maximum atomic E-state index is 5.88. The van der Waals surface area contributed by atoms with Gasteiger partial charge >= 0.3 is 0 Å². The highest BCUT2D eigenvalue weighted by molar-refractivity contribution is 7.07. The molecule has 0 saturated carbocycles. The average molecular weight is 302 g/mol. The molecule has 0 unspecified atom stereocenters. The number of aromatic nitrogens is 2. The number of halogens is 1. The fourth-order valence-electron chi connectivity index (χ4n) is 1.80.